The fourth-order valence-electron chi connectivity index (χ4n) is 12.1. The van der Waals surface area contributed by atoms with E-state index in [0.717, 1.165) is 153 Å². The van der Waals surface area contributed by atoms with Crippen molar-refractivity contribution in [1.29, 1.82) is 0 Å². The van der Waals surface area contributed by atoms with Gasteiger partial charge >= 0.3 is 0 Å². The van der Waals surface area contributed by atoms with Crippen LogP contribution >= 0.6 is 21.6 Å². The van der Waals surface area contributed by atoms with Crippen LogP contribution in [0.2, 0.25) is 0 Å². The molecule has 0 aromatic rings. The lowest BCUT2D eigenvalue weighted by atomic mass is 10.0. The Bertz CT molecular complexity index is 1610. The SMILES string of the molecule is CCCCC/C=C\C/C=C\CCCCCCC(O)CN(CCCCSSCCC(NC(=O)CCCN(CC(O)CCCCCCCCCC)CC(O)CCCCCCCCCC)C(=O)N(C)CCN(CC)CC)CC(O)CCCCCC/C=C\C/C=C\CCCCC. The second kappa shape index (κ2) is 70.6. The molecule has 0 aliphatic rings. The van der Waals surface area contributed by atoms with Gasteiger partial charge in [-0.25, -0.2) is 0 Å². The number of allylic oxidation sites excluding steroid dienone is 8. The Kier molecular flexibility index (Phi) is 69.3. The van der Waals surface area contributed by atoms with Crippen LogP contribution in [0.25, 0.3) is 0 Å². The number of nitrogens with zero attached hydrogens (tertiary/aromatic N) is 4. The Morgan fingerprint density at radius 2 is 0.696 bits per heavy atom. The molecule has 5 atom stereocenters. The topological polar surface area (TPSA) is 140 Å². The smallest absolute Gasteiger partial charge is 0.244 e. The molecule has 5 N–H and O–H groups in total. The summed E-state index contributed by atoms with van der Waals surface area (Å²) in [5.74, 6) is 1.53. The van der Waals surface area contributed by atoms with E-state index in [-0.39, 0.29) is 18.2 Å². The largest absolute Gasteiger partial charge is 0.392 e. The predicted octanol–water partition coefficient (Wildman–Crippen LogP) is 19.6. The molecule has 11 nitrogen and oxygen atoms in total. The van der Waals surface area contributed by atoms with E-state index in [2.05, 4.69) is 110 Å². The first-order valence-electron chi connectivity index (χ1n) is 39.2. The number of rotatable bonds is 72. The van der Waals surface area contributed by atoms with Crippen molar-refractivity contribution < 1.29 is 30.0 Å². The molecule has 92 heavy (non-hydrogen) atoms. The molecule has 0 rings (SSSR count). The Balaban J connectivity index is 5.51. The number of carbonyl (C=O) groups excluding carboxylic acids is 2. The normalized spacial score (nSPS) is 14.0. The van der Waals surface area contributed by atoms with Gasteiger partial charge in [0.15, 0.2) is 0 Å². The van der Waals surface area contributed by atoms with Crippen LogP contribution in [0, 0.1) is 0 Å². The molecular formula is C79H153N5O6S2. The molecule has 0 saturated heterocycles. The maximum atomic E-state index is 14.1. The number of likely N-dealkylation sites (N-methyl/N-ethyl adjacent to an activating group) is 2. The molecule has 13 heteroatoms. The third-order valence-corrected chi connectivity index (χ3v) is 20.7. The lowest BCUT2D eigenvalue weighted by molar-refractivity contribution is -0.135. The van der Waals surface area contributed by atoms with Crippen LogP contribution < -0.4 is 5.32 Å². The standard InChI is InChI=1S/C79H153N5O6S2/c1-8-14-18-22-26-30-32-34-36-38-40-44-48-52-57-73(85)69-83(70-74(86)58-53-49-45-41-39-37-35-33-31-27-23-19-15-9-2)63-54-55-67-91-92-68-62-77(79(90)81(7)65-66-82(12-5)13-6)80-78(89)61-56-64-84(71-75(87)59-50-46-42-28-24-20-16-10-3)72-76(88)60-51-47-43-29-25-21-17-11-4/h26-27,30-31,34-37,73-77,85-88H,8-25,28-29,32-33,38-72H2,1-7H3,(H,80,89)/b30-26-,31-27-,36-34-,37-35-. The third kappa shape index (κ3) is 61.9. The minimum absolute atomic E-state index is 0.0463. The molecule has 5 unspecified atom stereocenters. The Morgan fingerprint density at radius 1 is 0.359 bits per heavy atom. The molecule has 0 heterocycles. The van der Waals surface area contributed by atoms with Crippen LogP contribution in [-0.4, -0.2) is 166 Å². The first-order chi connectivity index (χ1) is 44.9. The summed E-state index contributed by atoms with van der Waals surface area (Å²) in [6.45, 7) is 20.2. The second-order valence-electron chi connectivity index (χ2n) is 27.1. The summed E-state index contributed by atoms with van der Waals surface area (Å²) in [6.07, 6.45) is 66.4. The number of aliphatic hydroxyl groups excluding tert-OH is 4. The summed E-state index contributed by atoms with van der Waals surface area (Å²) < 4.78 is 0. The summed E-state index contributed by atoms with van der Waals surface area (Å²) in [6, 6.07) is -0.610. The van der Waals surface area contributed by atoms with Crippen molar-refractivity contribution in [3.05, 3.63) is 48.6 Å². The molecule has 0 aliphatic heterocycles. The average Bonchev–Trinajstić information content (AvgIpc) is 2.01. The monoisotopic (exact) mass is 1330 g/mol. The van der Waals surface area contributed by atoms with Crippen molar-refractivity contribution in [2.75, 3.05) is 84.0 Å². The molecule has 0 aromatic carbocycles. The molecule has 0 radical (unpaired) electrons. The van der Waals surface area contributed by atoms with Gasteiger partial charge in [-0.2, -0.15) is 0 Å². The van der Waals surface area contributed by atoms with Gasteiger partial charge in [-0.15, -0.1) is 0 Å². The number of carbonyl (C=O) groups is 2. The molecule has 0 aromatic heterocycles. The Hall–Kier alpha value is -1.68. The summed E-state index contributed by atoms with van der Waals surface area (Å²) in [5, 5.41) is 48.2. The fraction of sp³-hybridized carbons (Fsp3) is 0.873. The van der Waals surface area contributed by atoms with Crippen LogP contribution in [0.4, 0.5) is 0 Å². The van der Waals surface area contributed by atoms with E-state index in [1.165, 1.54) is 154 Å². The average molecular weight is 1330 g/mol. The van der Waals surface area contributed by atoms with Gasteiger partial charge in [0, 0.05) is 64.2 Å². The highest BCUT2D eigenvalue weighted by Gasteiger charge is 2.25. The number of amides is 2. The van der Waals surface area contributed by atoms with E-state index in [1.807, 2.05) is 17.8 Å². The Labute approximate surface area is 578 Å². The fourth-order valence-corrected chi connectivity index (χ4v) is 14.3. The zero-order chi connectivity index (χ0) is 67.4. The number of nitrogens with one attached hydrogen (secondary N) is 1. The van der Waals surface area contributed by atoms with Crippen molar-refractivity contribution >= 4 is 33.4 Å². The molecule has 0 bridgehead atoms. The van der Waals surface area contributed by atoms with Crippen molar-refractivity contribution in [1.82, 2.24) is 24.9 Å². The third-order valence-electron chi connectivity index (χ3n) is 18.2. The van der Waals surface area contributed by atoms with Gasteiger partial charge in [0.2, 0.25) is 11.8 Å². The van der Waals surface area contributed by atoms with Gasteiger partial charge in [0.05, 0.1) is 24.4 Å². The quantitative estimate of drug-likeness (QED) is 0.0226. The number of hydrogen-bond donors (Lipinski definition) is 5. The van der Waals surface area contributed by atoms with E-state index >= 15 is 0 Å². The summed E-state index contributed by atoms with van der Waals surface area (Å²) in [5.41, 5.74) is 0. The van der Waals surface area contributed by atoms with Crippen molar-refractivity contribution in [2.24, 2.45) is 0 Å². The van der Waals surface area contributed by atoms with E-state index in [9.17, 15) is 30.0 Å². The van der Waals surface area contributed by atoms with Crippen molar-refractivity contribution in [2.45, 2.75) is 361 Å². The maximum Gasteiger partial charge on any atom is 0.244 e. The van der Waals surface area contributed by atoms with Crippen LogP contribution in [-0.2, 0) is 9.59 Å². The van der Waals surface area contributed by atoms with Crippen LogP contribution in [0.15, 0.2) is 48.6 Å². The molecule has 0 spiro atoms. The molecular weight excluding hydrogens is 1180 g/mol. The summed E-state index contributed by atoms with van der Waals surface area (Å²) in [7, 11) is 5.46. The zero-order valence-electron chi connectivity index (χ0n) is 61.5. The number of aliphatic hydroxyl groups is 4. The molecule has 542 valence electrons. The van der Waals surface area contributed by atoms with Gasteiger partial charge in [-0.1, -0.05) is 279 Å². The molecule has 0 saturated carbocycles. The van der Waals surface area contributed by atoms with Gasteiger partial charge in [-0.3, -0.25) is 19.4 Å². The lowest BCUT2D eigenvalue weighted by Crippen LogP contribution is -2.49. The number of unbranched alkanes of at least 4 members (excludes halogenated alkanes) is 29. The highest BCUT2D eigenvalue weighted by atomic mass is 33.1. The molecule has 0 aliphatic carbocycles. The van der Waals surface area contributed by atoms with Crippen molar-refractivity contribution in [3.63, 3.8) is 0 Å². The van der Waals surface area contributed by atoms with E-state index in [4.69, 9.17) is 0 Å². The molecule has 0 fully saturated rings. The minimum Gasteiger partial charge on any atom is -0.392 e. The maximum absolute atomic E-state index is 14.1. The molecule has 2 amide bonds. The predicted molar refractivity (Wildman–Crippen MR) is 406 cm³/mol. The highest BCUT2D eigenvalue weighted by molar-refractivity contribution is 8.76. The van der Waals surface area contributed by atoms with E-state index in [0.29, 0.717) is 52.1 Å². The first kappa shape index (κ1) is 90.3. The van der Waals surface area contributed by atoms with E-state index < -0.39 is 30.5 Å². The van der Waals surface area contributed by atoms with Gasteiger partial charge in [0.25, 0.3) is 0 Å². The van der Waals surface area contributed by atoms with Gasteiger partial charge < -0.3 is 35.5 Å². The van der Waals surface area contributed by atoms with Crippen molar-refractivity contribution in [3.8, 4) is 0 Å². The lowest BCUT2D eigenvalue weighted by Gasteiger charge is -2.28. The van der Waals surface area contributed by atoms with Gasteiger partial charge in [-0.05, 0) is 142 Å². The zero-order valence-corrected chi connectivity index (χ0v) is 63.2. The van der Waals surface area contributed by atoms with Gasteiger partial charge in [0.1, 0.15) is 6.04 Å². The van der Waals surface area contributed by atoms with Crippen LogP contribution in [0.1, 0.15) is 330 Å². The van der Waals surface area contributed by atoms with Crippen LogP contribution in [0.3, 0.4) is 0 Å². The second-order valence-corrected chi connectivity index (χ2v) is 29.8. The first-order valence-corrected chi connectivity index (χ1v) is 41.7. The Morgan fingerprint density at radius 3 is 1.09 bits per heavy atom. The summed E-state index contributed by atoms with van der Waals surface area (Å²) >= 11 is 0. The number of hydrogen-bond acceptors (Lipinski definition) is 11. The minimum atomic E-state index is -0.610. The van der Waals surface area contributed by atoms with E-state index in [1.54, 1.807) is 15.7 Å². The summed E-state index contributed by atoms with van der Waals surface area (Å²) in [4.78, 5) is 36.5. The highest BCUT2D eigenvalue weighted by Crippen LogP contribution is 2.25. The van der Waals surface area contributed by atoms with Crippen LogP contribution in [0.5, 0.6) is 0 Å².